The molecule has 2 fully saturated rings. The number of anilines is 1. The van der Waals surface area contributed by atoms with Gasteiger partial charge in [-0.25, -0.2) is 4.90 Å². The fourth-order valence-electron chi connectivity index (χ4n) is 5.45. The Morgan fingerprint density at radius 2 is 1.42 bits per heavy atom. The number of carbonyl (C=O) groups is 4. The number of fused-ring (bicyclic) bond motifs is 3. The van der Waals surface area contributed by atoms with Gasteiger partial charge in [-0.2, -0.15) is 0 Å². The van der Waals surface area contributed by atoms with Crippen molar-refractivity contribution in [2.45, 2.75) is 11.7 Å². The van der Waals surface area contributed by atoms with Crippen LogP contribution < -0.4 is 4.90 Å². The van der Waals surface area contributed by atoms with Crippen LogP contribution in [0.15, 0.2) is 72.8 Å². The Hall–Kier alpha value is -4.21. The number of nitrogens with zero attached hydrogens (tertiary/aromatic N) is 2. The van der Waals surface area contributed by atoms with Crippen LogP contribution in [-0.2, 0) is 14.3 Å². The minimum atomic E-state index is -2.21. The van der Waals surface area contributed by atoms with Gasteiger partial charge in [0.15, 0.2) is 0 Å². The molecule has 36 heavy (non-hydrogen) atoms. The highest BCUT2D eigenvalue weighted by Gasteiger charge is 2.74. The molecule has 2 heterocycles. The number of halogens is 1. The summed E-state index contributed by atoms with van der Waals surface area (Å²) in [6.45, 7) is 0. The van der Waals surface area contributed by atoms with E-state index in [9.17, 15) is 29.3 Å². The quantitative estimate of drug-likeness (QED) is 0.230. The number of ether oxygens (including phenoxy) is 1. The third-order valence-corrected chi connectivity index (χ3v) is 7.29. The predicted octanol–water partition coefficient (Wildman–Crippen LogP) is 3.94. The number of hydrogen-bond donors (Lipinski definition) is 0. The molecule has 3 aliphatic rings. The van der Waals surface area contributed by atoms with Gasteiger partial charge in [0.2, 0.25) is 29.0 Å². The van der Waals surface area contributed by atoms with Crippen molar-refractivity contribution in [1.82, 2.24) is 0 Å². The first-order valence-electron chi connectivity index (χ1n) is 11.0. The van der Waals surface area contributed by atoms with Gasteiger partial charge in [0.05, 0.1) is 28.6 Å². The number of nitro groups is 1. The van der Waals surface area contributed by atoms with Crippen molar-refractivity contribution in [3.8, 4) is 0 Å². The first-order chi connectivity index (χ1) is 17.3. The smallest absolute Gasteiger partial charge is 0.269 e. The summed E-state index contributed by atoms with van der Waals surface area (Å²) >= 11 is 5.97. The number of Topliss-reactive ketones (excluding diaryl/α,β-unsaturated/α-hetero) is 2. The van der Waals surface area contributed by atoms with Gasteiger partial charge in [0, 0.05) is 28.3 Å². The zero-order chi connectivity index (χ0) is 25.4. The average Bonchev–Trinajstić information content (AvgIpc) is 3.45. The maximum Gasteiger partial charge on any atom is 0.269 e. The van der Waals surface area contributed by atoms with Crippen molar-refractivity contribution in [2.24, 2.45) is 11.8 Å². The molecule has 2 amide bonds. The molecule has 0 aromatic heterocycles. The predicted molar refractivity (Wildman–Crippen MR) is 126 cm³/mol. The third-order valence-electron chi connectivity index (χ3n) is 7.04. The molecule has 0 N–H and O–H groups in total. The van der Waals surface area contributed by atoms with Crippen molar-refractivity contribution < 1.29 is 28.8 Å². The van der Waals surface area contributed by atoms with Crippen molar-refractivity contribution in [3.63, 3.8) is 0 Å². The second-order valence-electron chi connectivity index (χ2n) is 8.82. The minimum absolute atomic E-state index is 0.121. The van der Waals surface area contributed by atoms with Crippen molar-refractivity contribution >= 4 is 46.4 Å². The van der Waals surface area contributed by atoms with Crippen LogP contribution in [0.5, 0.6) is 0 Å². The Balaban J connectivity index is 1.52. The summed E-state index contributed by atoms with van der Waals surface area (Å²) in [6, 6.07) is 17.5. The van der Waals surface area contributed by atoms with Gasteiger partial charge in [-0.15, -0.1) is 0 Å². The van der Waals surface area contributed by atoms with Crippen LogP contribution in [0.1, 0.15) is 32.4 Å². The Morgan fingerprint density at radius 1 is 0.833 bits per heavy atom. The SMILES string of the molecule is O=C1[C@H]2[C@@H](c3ccc([N+](=O)[O-])cc3)OC3(C(=O)c4ccccc4C3=O)[C@H]2C(=O)N1c1ccc(Cl)cc1. The lowest BCUT2D eigenvalue weighted by molar-refractivity contribution is -0.384. The molecule has 3 atom stereocenters. The molecule has 2 aliphatic heterocycles. The van der Waals surface area contributed by atoms with Crippen molar-refractivity contribution in [1.29, 1.82) is 0 Å². The van der Waals surface area contributed by atoms with E-state index in [0.717, 1.165) is 4.90 Å². The van der Waals surface area contributed by atoms with Crippen LogP contribution in [0.2, 0.25) is 5.02 Å². The molecule has 1 spiro atoms. The van der Waals surface area contributed by atoms with Crippen LogP contribution in [-0.4, -0.2) is 33.9 Å². The number of ketones is 2. The highest BCUT2D eigenvalue weighted by atomic mass is 35.5. The normalized spacial score (nSPS) is 23.9. The summed E-state index contributed by atoms with van der Waals surface area (Å²) in [5.74, 6) is -5.33. The first kappa shape index (κ1) is 22.3. The lowest BCUT2D eigenvalue weighted by Crippen LogP contribution is -2.51. The highest BCUT2D eigenvalue weighted by molar-refractivity contribution is 6.37. The number of non-ortho nitro benzene ring substituents is 1. The molecular formula is C26H15ClN2O7. The van der Waals surface area contributed by atoms with Gasteiger partial charge < -0.3 is 4.74 Å². The topological polar surface area (TPSA) is 124 Å². The average molecular weight is 503 g/mol. The van der Waals surface area contributed by atoms with Crippen molar-refractivity contribution in [2.75, 3.05) is 4.90 Å². The molecule has 6 rings (SSSR count). The van der Waals surface area contributed by atoms with Crippen LogP contribution in [0.25, 0.3) is 0 Å². The molecule has 0 bridgehead atoms. The highest BCUT2D eigenvalue weighted by Crippen LogP contribution is 2.57. The molecule has 0 unspecified atom stereocenters. The van der Waals surface area contributed by atoms with Gasteiger partial charge in [-0.1, -0.05) is 35.9 Å². The summed E-state index contributed by atoms with van der Waals surface area (Å²) in [5.41, 5.74) is -1.57. The molecule has 10 heteroatoms. The maximum absolute atomic E-state index is 13.8. The van der Waals surface area contributed by atoms with Gasteiger partial charge in [0.1, 0.15) is 0 Å². The maximum atomic E-state index is 13.8. The van der Waals surface area contributed by atoms with E-state index in [2.05, 4.69) is 0 Å². The standard InChI is InChI=1S/C26H15ClN2O7/c27-14-7-11-15(12-8-14)28-24(32)19-20(25(28)33)26(22(30)17-3-1-2-4-18(17)23(26)31)36-21(19)13-5-9-16(10-6-13)29(34)35/h1-12,19-21H/t19-,20-,21-/m1/s1. The number of hydrogen-bond acceptors (Lipinski definition) is 7. The van der Waals surface area contributed by atoms with Crippen molar-refractivity contribution in [3.05, 3.63) is 105 Å². The van der Waals surface area contributed by atoms with E-state index in [-0.39, 0.29) is 22.5 Å². The third kappa shape index (κ3) is 2.81. The minimum Gasteiger partial charge on any atom is -0.349 e. The Bertz CT molecular complexity index is 1460. The zero-order valence-corrected chi connectivity index (χ0v) is 19.0. The van der Waals surface area contributed by atoms with Gasteiger partial charge in [-0.05, 0) is 42.0 Å². The van der Waals surface area contributed by atoms with Crippen LogP contribution in [0.4, 0.5) is 11.4 Å². The van der Waals surface area contributed by atoms with E-state index >= 15 is 0 Å². The summed E-state index contributed by atoms with van der Waals surface area (Å²) in [7, 11) is 0. The Kier molecular flexibility index (Phi) is 4.73. The summed E-state index contributed by atoms with van der Waals surface area (Å²) in [6.07, 6.45) is -1.16. The van der Waals surface area contributed by atoms with Crippen LogP contribution in [0, 0.1) is 22.0 Å². The number of benzene rings is 3. The number of amides is 2. The lowest BCUT2D eigenvalue weighted by Gasteiger charge is -2.27. The molecule has 3 aromatic carbocycles. The fourth-order valence-corrected chi connectivity index (χ4v) is 5.57. The Labute approximate surface area is 208 Å². The van der Waals surface area contributed by atoms with E-state index in [0.29, 0.717) is 10.6 Å². The van der Waals surface area contributed by atoms with Crippen LogP contribution in [0.3, 0.4) is 0 Å². The number of imide groups is 1. The molecule has 1 aliphatic carbocycles. The second kappa shape index (κ2) is 7.64. The molecule has 2 saturated heterocycles. The Morgan fingerprint density at radius 3 is 1.97 bits per heavy atom. The van der Waals surface area contributed by atoms with E-state index in [1.165, 1.54) is 60.7 Å². The van der Waals surface area contributed by atoms with E-state index in [1.807, 2.05) is 0 Å². The van der Waals surface area contributed by atoms with Gasteiger partial charge in [0.25, 0.3) is 5.69 Å². The molecular weight excluding hydrogens is 488 g/mol. The molecule has 178 valence electrons. The van der Waals surface area contributed by atoms with E-state index in [1.54, 1.807) is 12.1 Å². The van der Waals surface area contributed by atoms with E-state index in [4.69, 9.17) is 16.3 Å². The largest absolute Gasteiger partial charge is 0.349 e. The second-order valence-corrected chi connectivity index (χ2v) is 9.25. The summed E-state index contributed by atoms with van der Waals surface area (Å²) < 4.78 is 6.16. The first-order valence-corrected chi connectivity index (χ1v) is 11.4. The summed E-state index contributed by atoms with van der Waals surface area (Å²) in [4.78, 5) is 66.4. The van der Waals surface area contributed by atoms with Gasteiger partial charge in [-0.3, -0.25) is 29.3 Å². The molecule has 0 saturated carbocycles. The molecule has 3 aromatic rings. The zero-order valence-electron chi connectivity index (χ0n) is 18.3. The number of nitro benzene ring substituents is 1. The number of rotatable bonds is 3. The molecule has 9 nitrogen and oxygen atoms in total. The van der Waals surface area contributed by atoms with Gasteiger partial charge >= 0.3 is 0 Å². The van der Waals surface area contributed by atoms with E-state index < -0.39 is 51.8 Å². The summed E-state index contributed by atoms with van der Waals surface area (Å²) in [5, 5.41) is 11.5. The number of carbonyl (C=O) groups excluding carboxylic acids is 4. The molecule has 0 radical (unpaired) electrons. The lowest BCUT2D eigenvalue weighted by atomic mass is 9.77. The fraction of sp³-hybridized carbons (Fsp3) is 0.154. The van der Waals surface area contributed by atoms with Crippen LogP contribution >= 0.6 is 11.6 Å². The monoisotopic (exact) mass is 502 g/mol.